The minimum Gasteiger partial charge on any atom is -0.480 e. The van der Waals surface area contributed by atoms with E-state index in [1.54, 1.807) is 6.07 Å². The van der Waals surface area contributed by atoms with Crippen LogP contribution in [0.1, 0.15) is 55.5 Å². The Morgan fingerprint density at radius 2 is 1.94 bits per heavy atom. The minimum atomic E-state index is -1.15. The Labute approximate surface area is 179 Å². The molecule has 0 saturated heterocycles. The van der Waals surface area contributed by atoms with Crippen molar-refractivity contribution in [1.82, 2.24) is 15.5 Å². The smallest absolute Gasteiger partial charge is 0.326 e. The minimum absolute atomic E-state index is 0.0537. The van der Waals surface area contributed by atoms with Gasteiger partial charge < -0.3 is 15.7 Å². The Hall–Kier alpha value is -3.23. The van der Waals surface area contributed by atoms with Crippen molar-refractivity contribution < 1.29 is 19.1 Å². The van der Waals surface area contributed by atoms with Crippen molar-refractivity contribution in [3.05, 3.63) is 56.8 Å². The average molecular weight is 430 g/mol. The highest BCUT2D eigenvalue weighted by Crippen LogP contribution is 2.24. The second kappa shape index (κ2) is 9.72. The lowest BCUT2D eigenvalue weighted by atomic mass is 9.90. The van der Waals surface area contributed by atoms with Crippen LogP contribution in [0.15, 0.2) is 23.0 Å². The van der Waals surface area contributed by atoms with E-state index in [9.17, 15) is 23.9 Å². The Bertz CT molecular complexity index is 1030. The number of fused-ring (bicyclic) bond motifs is 1. The predicted molar refractivity (Wildman–Crippen MR) is 114 cm³/mol. The fraction of sp³-hybridized carbons (Fsp3) is 0.455. The molecule has 2 amide bonds. The van der Waals surface area contributed by atoms with Gasteiger partial charge in [-0.15, -0.1) is 0 Å². The number of aromatic nitrogens is 2. The molecule has 0 radical (unpaired) electrons. The lowest BCUT2D eigenvalue weighted by Gasteiger charge is -2.18. The SMILES string of the molecule is CC(C)C[C@H](NC(=O)Nc1cc(Cc2n[nH]c(=O)c3c2CCCC3)ccc1F)C(=O)O. The van der Waals surface area contributed by atoms with Gasteiger partial charge in [-0.1, -0.05) is 19.9 Å². The van der Waals surface area contributed by atoms with Gasteiger partial charge in [0.15, 0.2) is 0 Å². The van der Waals surface area contributed by atoms with Crippen molar-refractivity contribution >= 4 is 17.7 Å². The number of urea groups is 1. The van der Waals surface area contributed by atoms with E-state index in [0.29, 0.717) is 12.0 Å². The Morgan fingerprint density at radius 3 is 2.61 bits per heavy atom. The number of anilines is 1. The maximum atomic E-state index is 14.3. The van der Waals surface area contributed by atoms with Crippen LogP contribution in [-0.4, -0.2) is 33.3 Å². The van der Waals surface area contributed by atoms with Crippen LogP contribution in [0.25, 0.3) is 0 Å². The summed E-state index contributed by atoms with van der Waals surface area (Å²) >= 11 is 0. The van der Waals surface area contributed by atoms with Crippen LogP contribution in [0.5, 0.6) is 0 Å². The first kappa shape index (κ1) is 22.5. The van der Waals surface area contributed by atoms with Gasteiger partial charge in [0.25, 0.3) is 5.56 Å². The molecule has 0 saturated carbocycles. The van der Waals surface area contributed by atoms with Gasteiger partial charge in [0, 0.05) is 12.0 Å². The summed E-state index contributed by atoms with van der Waals surface area (Å²) in [5.74, 6) is -1.71. The summed E-state index contributed by atoms with van der Waals surface area (Å²) in [4.78, 5) is 35.6. The van der Waals surface area contributed by atoms with Crippen LogP contribution >= 0.6 is 0 Å². The van der Waals surface area contributed by atoms with Crippen molar-refractivity contribution in [3.63, 3.8) is 0 Å². The van der Waals surface area contributed by atoms with E-state index in [-0.39, 0.29) is 23.6 Å². The highest BCUT2D eigenvalue weighted by Gasteiger charge is 2.22. The number of rotatable bonds is 7. The molecule has 9 heteroatoms. The predicted octanol–water partition coefficient (Wildman–Crippen LogP) is 3.00. The van der Waals surface area contributed by atoms with Crippen molar-refractivity contribution in [3.8, 4) is 0 Å². The normalized spacial score (nSPS) is 14.1. The number of carboxylic acids is 1. The van der Waals surface area contributed by atoms with Gasteiger partial charge >= 0.3 is 12.0 Å². The highest BCUT2D eigenvalue weighted by atomic mass is 19.1. The molecule has 0 fully saturated rings. The molecule has 1 aromatic carbocycles. The van der Waals surface area contributed by atoms with Gasteiger partial charge in [0.1, 0.15) is 11.9 Å². The summed E-state index contributed by atoms with van der Waals surface area (Å²) in [6.07, 6.45) is 4.09. The summed E-state index contributed by atoms with van der Waals surface area (Å²) in [5, 5.41) is 20.8. The summed E-state index contributed by atoms with van der Waals surface area (Å²) in [5.41, 5.74) is 2.94. The van der Waals surface area contributed by atoms with Crippen LogP contribution in [0, 0.1) is 11.7 Å². The number of halogens is 1. The van der Waals surface area contributed by atoms with Gasteiger partial charge in [-0.3, -0.25) is 4.79 Å². The third kappa shape index (κ3) is 5.68. The topological polar surface area (TPSA) is 124 Å². The first-order valence-corrected chi connectivity index (χ1v) is 10.4. The van der Waals surface area contributed by atoms with Crippen LogP contribution < -0.4 is 16.2 Å². The van der Waals surface area contributed by atoms with Gasteiger partial charge in [0.2, 0.25) is 0 Å². The number of carbonyl (C=O) groups is 2. The molecule has 0 bridgehead atoms. The van der Waals surface area contributed by atoms with Gasteiger partial charge in [0.05, 0.1) is 11.4 Å². The molecule has 0 unspecified atom stereocenters. The number of nitrogens with zero attached hydrogens (tertiary/aromatic N) is 1. The summed E-state index contributed by atoms with van der Waals surface area (Å²) in [6, 6.07) is 2.48. The maximum Gasteiger partial charge on any atom is 0.326 e. The molecule has 1 atom stereocenters. The third-order valence-electron chi connectivity index (χ3n) is 5.34. The van der Waals surface area contributed by atoms with Crippen molar-refractivity contribution in [2.24, 2.45) is 5.92 Å². The van der Waals surface area contributed by atoms with Crippen LogP contribution in [0.2, 0.25) is 0 Å². The molecule has 0 aliphatic heterocycles. The Balaban J connectivity index is 1.76. The van der Waals surface area contributed by atoms with Crippen molar-refractivity contribution in [2.45, 2.75) is 58.4 Å². The monoisotopic (exact) mass is 430 g/mol. The molecule has 8 nitrogen and oxygen atoms in total. The third-order valence-corrected chi connectivity index (χ3v) is 5.34. The molecule has 1 aliphatic rings. The number of hydrogen-bond acceptors (Lipinski definition) is 4. The van der Waals surface area contributed by atoms with Gasteiger partial charge in [-0.25, -0.2) is 19.1 Å². The summed E-state index contributed by atoms with van der Waals surface area (Å²) in [7, 11) is 0. The average Bonchev–Trinajstić information content (AvgIpc) is 2.72. The molecule has 1 heterocycles. The zero-order valence-corrected chi connectivity index (χ0v) is 17.6. The first-order chi connectivity index (χ1) is 14.7. The molecular formula is C22H27FN4O4. The number of aliphatic carboxylic acids is 1. The lowest BCUT2D eigenvalue weighted by Crippen LogP contribution is -2.43. The highest BCUT2D eigenvalue weighted by molar-refractivity contribution is 5.92. The fourth-order valence-corrected chi connectivity index (χ4v) is 3.85. The number of carboxylic acid groups (broad SMARTS) is 1. The summed E-state index contributed by atoms with van der Waals surface area (Å²) < 4.78 is 14.3. The fourth-order valence-electron chi connectivity index (χ4n) is 3.85. The van der Waals surface area contributed by atoms with Crippen LogP contribution in [0.4, 0.5) is 14.9 Å². The first-order valence-electron chi connectivity index (χ1n) is 10.4. The maximum absolute atomic E-state index is 14.3. The number of hydrogen-bond donors (Lipinski definition) is 4. The quantitative estimate of drug-likeness (QED) is 0.538. The van der Waals surface area contributed by atoms with E-state index in [4.69, 9.17) is 0 Å². The van der Waals surface area contributed by atoms with Crippen molar-refractivity contribution in [2.75, 3.05) is 5.32 Å². The molecule has 166 valence electrons. The van der Waals surface area contributed by atoms with E-state index in [2.05, 4.69) is 20.8 Å². The van der Waals surface area contributed by atoms with E-state index in [1.807, 2.05) is 13.8 Å². The Kier molecular flexibility index (Phi) is 7.04. The molecule has 3 rings (SSSR count). The standard InChI is InChI=1S/C22H27FN4O4/c1-12(2)9-19(21(29)30)25-22(31)24-18-11-13(7-8-16(18)23)10-17-14-5-3-4-6-15(14)20(28)27-26-17/h7-8,11-12,19H,3-6,9-10H2,1-2H3,(H,27,28)(H,29,30)(H2,24,25,31)/t19-/m0/s1. The Morgan fingerprint density at radius 1 is 1.23 bits per heavy atom. The number of benzene rings is 1. The van der Waals surface area contributed by atoms with E-state index < -0.39 is 23.9 Å². The lowest BCUT2D eigenvalue weighted by molar-refractivity contribution is -0.139. The van der Waals surface area contributed by atoms with Crippen molar-refractivity contribution in [1.29, 1.82) is 0 Å². The number of H-pyrrole nitrogens is 1. The zero-order chi connectivity index (χ0) is 22.5. The van der Waals surface area contributed by atoms with Crippen LogP contribution in [0.3, 0.4) is 0 Å². The van der Waals surface area contributed by atoms with E-state index in [1.165, 1.54) is 12.1 Å². The number of carbonyl (C=O) groups excluding carboxylic acids is 1. The largest absolute Gasteiger partial charge is 0.480 e. The molecule has 4 N–H and O–H groups in total. The molecule has 1 aromatic heterocycles. The second-order valence-corrected chi connectivity index (χ2v) is 8.27. The zero-order valence-electron chi connectivity index (χ0n) is 17.6. The molecule has 2 aromatic rings. The second-order valence-electron chi connectivity index (χ2n) is 8.27. The van der Waals surface area contributed by atoms with Gasteiger partial charge in [-0.05, 0) is 61.3 Å². The van der Waals surface area contributed by atoms with E-state index >= 15 is 0 Å². The molecule has 1 aliphatic carbocycles. The van der Waals surface area contributed by atoms with Crippen LogP contribution in [-0.2, 0) is 24.1 Å². The number of amides is 2. The van der Waals surface area contributed by atoms with Gasteiger partial charge in [-0.2, -0.15) is 5.10 Å². The number of aromatic amines is 1. The molecular weight excluding hydrogens is 403 g/mol. The molecule has 31 heavy (non-hydrogen) atoms. The van der Waals surface area contributed by atoms with E-state index in [0.717, 1.165) is 42.5 Å². The number of nitrogens with one attached hydrogen (secondary N) is 3. The molecule has 0 spiro atoms. The summed E-state index contributed by atoms with van der Waals surface area (Å²) in [6.45, 7) is 3.70.